The average Bonchev–Trinajstić information content (AvgIpc) is 2.08. The van der Waals surface area contributed by atoms with Crippen LogP contribution in [0.1, 0.15) is 31.9 Å². The molecule has 0 fully saturated rings. The molecule has 0 aliphatic rings. The molecule has 14 heavy (non-hydrogen) atoms. The molecule has 0 aliphatic carbocycles. The molecule has 78 valence electrons. The summed E-state index contributed by atoms with van der Waals surface area (Å²) in [5.74, 6) is 0.836. The summed E-state index contributed by atoms with van der Waals surface area (Å²) in [6.45, 7) is 4.30. The van der Waals surface area contributed by atoms with Crippen LogP contribution < -0.4 is 5.73 Å². The molecule has 0 spiro atoms. The number of hydrogen-bond donors (Lipinski definition) is 2. The third-order valence-electron chi connectivity index (χ3n) is 2.13. The van der Waals surface area contributed by atoms with Crippen LogP contribution in [0.15, 0.2) is 22.7 Å². The van der Waals surface area contributed by atoms with Gasteiger partial charge in [-0.1, -0.05) is 19.9 Å². The summed E-state index contributed by atoms with van der Waals surface area (Å²) in [7, 11) is 0. The van der Waals surface area contributed by atoms with Gasteiger partial charge in [0.1, 0.15) is 5.75 Å². The van der Waals surface area contributed by atoms with Crippen LogP contribution >= 0.6 is 15.9 Å². The van der Waals surface area contributed by atoms with Crippen molar-refractivity contribution in [3.63, 3.8) is 0 Å². The molecule has 3 heteroatoms. The SMILES string of the molecule is CC(C)C[C@H](N)c1ccc(O)c(Br)c1. The van der Waals surface area contributed by atoms with Gasteiger partial charge in [0.05, 0.1) is 4.47 Å². The van der Waals surface area contributed by atoms with Crippen molar-refractivity contribution in [3.05, 3.63) is 28.2 Å². The van der Waals surface area contributed by atoms with Gasteiger partial charge in [-0.3, -0.25) is 0 Å². The maximum Gasteiger partial charge on any atom is 0.129 e. The van der Waals surface area contributed by atoms with Gasteiger partial charge in [-0.2, -0.15) is 0 Å². The first kappa shape index (κ1) is 11.5. The maximum atomic E-state index is 9.32. The molecular formula is C11H16BrNO. The Hall–Kier alpha value is -0.540. The van der Waals surface area contributed by atoms with E-state index in [9.17, 15) is 5.11 Å². The highest BCUT2D eigenvalue weighted by molar-refractivity contribution is 9.10. The second kappa shape index (κ2) is 4.80. The van der Waals surface area contributed by atoms with Crippen LogP contribution in [-0.2, 0) is 0 Å². The lowest BCUT2D eigenvalue weighted by molar-refractivity contribution is 0.470. The predicted octanol–water partition coefficient (Wildman–Crippen LogP) is 3.20. The molecule has 2 nitrogen and oxygen atoms in total. The standard InChI is InChI=1S/C11H16BrNO/c1-7(2)5-10(13)8-3-4-11(14)9(12)6-8/h3-4,6-7,10,14H,5,13H2,1-2H3/t10-/m0/s1. The zero-order valence-electron chi connectivity index (χ0n) is 8.50. The maximum absolute atomic E-state index is 9.32. The third kappa shape index (κ3) is 3.00. The fraction of sp³-hybridized carbons (Fsp3) is 0.455. The third-order valence-corrected chi connectivity index (χ3v) is 2.76. The quantitative estimate of drug-likeness (QED) is 0.874. The zero-order chi connectivity index (χ0) is 10.7. The van der Waals surface area contributed by atoms with Crippen molar-refractivity contribution in [1.82, 2.24) is 0 Å². The minimum atomic E-state index is 0.0481. The van der Waals surface area contributed by atoms with Gasteiger partial charge in [0.2, 0.25) is 0 Å². The lowest BCUT2D eigenvalue weighted by Crippen LogP contribution is -2.12. The molecule has 0 aromatic heterocycles. The molecule has 1 aromatic carbocycles. The molecule has 1 atom stereocenters. The minimum Gasteiger partial charge on any atom is -0.507 e. The molecule has 3 N–H and O–H groups in total. The Morgan fingerprint density at radius 1 is 1.43 bits per heavy atom. The predicted molar refractivity (Wildman–Crippen MR) is 62.2 cm³/mol. The summed E-state index contributed by atoms with van der Waals surface area (Å²) in [6.07, 6.45) is 0.956. The van der Waals surface area contributed by atoms with Crippen LogP contribution in [0.4, 0.5) is 0 Å². The molecule has 1 aromatic rings. The number of nitrogens with two attached hydrogens (primary N) is 1. The van der Waals surface area contributed by atoms with Crippen LogP contribution in [0.5, 0.6) is 5.75 Å². The molecule has 0 saturated carbocycles. The van der Waals surface area contributed by atoms with Crippen LogP contribution in [0.2, 0.25) is 0 Å². The van der Waals surface area contributed by atoms with Crippen molar-refractivity contribution in [2.75, 3.05) is 0 Å². The number of aromatic hydroxyl groups is 1. The van der Waals surface area contributed by atoms with Gasteiger partial charge < -0.3 is 10.8 Å². The smallest absolute Gasteiger partial charge is 0.129 e. The summed E-state index contributed by atoms with van der Waals surface area (Å²) in [4.78, 5) is 0. The largest absolute Gasteiger partial charge is 0.507 e. The highest BCUT2D eigenvalue weighted by atomic mass is 79.9. The van der Waals surface area contributed by atoms with Gasteiger partial charge in [0, 0.05) is 6.04 Å². The molecule has 0 unspecified atom stereocenters. The van der Waals surface area contributed by atoms with E-state index in [-0.39, 0.29) is 11.8 Å². The average molecular weight is 258 g/mol. The van der Waals surface area contributed by atoms with Gasteiger partial charge in [0.15, 0.2) is 0 Å². The van der Waals surface area contributed by atoms with E-state index in [0.29, 0.717) is 10.4 Å². The van der Waals surface area contributed by atoms with E-state index in [0.717, 1.165) is 12.0 Å². The van der Waals surface area contributed by atoms with E-state index in [1.165, 1.54) is 0 Å². The minimum absolute atomic E-state index is 0.0481. The first-order valence-corrected chi connectivity index (χ1v) is 5.54. The van der Waals surface area contributed by atoms with Crippen molar-refractivity contribution in [1.29, 1.82) is 0 Å². The van der Waals surface area contributed by atoms with Gasteiger partial charge in [-0.15, -0.1) is 0 Å². The first-order chi connectivity index (χ1) is 6.50. The van der Waals surface area contributed by atoms with Gasteiger partial charge in [-0.25, -0.2) is 0 Å². The fourth-order valence-electron chi connectivity index (χ4n) is 1.40. The molecule has 0 radical (unpaired) electrons. The van der Waals surface area contributed by atoms with E-state index in [1.54, 1.807) is 6.07 Å². The second-order valence-corrected chi connectivity index (χ2v) is 4.80. The van der Waals surface area contributed by atoms with Crippen molar-refractivity contribution in [3.8, 4) is 5.75 Å². The van der Waals surface area contributed by atoms with Gasteiger partial charge in [-0.05, 0) is 46.0 Å². The van der Waals surface area contributed by atoms with Crippen LogP contribution in [0.25, 0.3) is 0 Å². The van der Waals surface area contributed by atoms with E-state index in [4.69, 9.17) is 5.73 Å². The van der Waals surface area contributed by atoms with Crippen molar-refractivity contribution < 1.29 is 5.11 Å². The van der Waals surface area contributed by atoms with E-state index >= 15 is 0 Å². The summed E-state index contributed by atoms with van der Waals surface area (Å²) >= 11 is 3.28. The normalized spacial score (nSPS) is 13.2. The van der Waals surface area contributed by atoms with Crippen molar-refractivity contribution in [2.24, 2.45) is 11.7 Å². The number of halogens is 1. The highest BCUT2D eigenvalue weighted by Crippen LogP contribution is 2.28. The molecular weight excluding hydrogens is 242 g/mol. The summed E-state index contributed by atoms with van der Waals surface area (Å²) in [5.41, 5.74) is 7.07. The number of hydrogen-bond acceptors (Lipinski definition) is 2. The van der Waals surface area contributed by atoms with E-state index < -0.39 is 0 Å². The fourth-order valence-corrected chi connectivity index (χ4v) is 1.79. The number of phenols is 1. The van der Waals surface area contributed by atoms with Crippen LogP contribution in [0.3, 0.4) is 0 Å². The van der Waals surface area contributed by atoms with E-state index in [2.05, 4.69) is 29.8 Å². The Labute approximate surface area is 93.3 Å². The lowest BCUT2D eigenvalue weighted by Gasteiger charge is -2.14. The van der Waals surface area contributed by atoms with Crippen molar-refractivity contribution >= 4 is 15.9 Å². The topological polar surface area (TPSA) is 46.2 Å². The Kier molecular flexibility index (Phi) is 3.96. The highest BCUT2D eigenvalue weighted by Gasteiger charge is 2.09. The Bertz CT molecular complexity index is 312. The number of rotatable bonds is 3. The molecule has 1 rings (SSSR count). The lowest BCUT2D eigenvalue weighted by atomic mass is 9.98. The second-order valence-electron chi connectivity index (χ2n) is 3.95. The molecule has 0 saturated heterocycles. The van der Waals surface area contributed by atoms with Gasteiger partial charge >= 0.3 is 0 Å². The zero-order valence-corrected chi connectivity index (χ0v) is 10.1. The molecule has 0 amide bonds. The van der Waals surface area contributed by atoms with Crippen LogP contribution in [0, 0.1) is 5.92 Å². The Morgan fingerprint density at radius 2 is 2.07 bits per heavy atom. The Balaban J connectivity index is 2.80. The van der Waals surface area contributed by atoms with Crippen molar-refractivity contribution in [2.45, 2.75) is 26.3 Å². The molecule has 0 aliphatic heterocycles. The molecule has 0 bridgehead atoms. The number of phenolic OH excluding ortho intramolecular Hbond substituents is 1. The van der Waals surface area contributed by atoms with E-state index in [1.807, 2.05) is 12.1 Å². The number of benzene rings is 1. The van der Waals surface area contributed by atoms with Crippen LogP contribution in [-0.4, -0.2) is 5.11 Å². The Morgan fingerprint density at radius 3 is 2.57 bits per heavy atom. The molecule has 0 heterocycles. The summed E-state index contributed by atoms with van der Waals surface area (Å²) < 4.78 is 0.703. The monoisotopic (exact) mass is 257 g/mol. The first-order valence-electron chi connectivity index (χ1n) is 4.74. The van der Waals surface area contributed by atoms with Gasteiger partial charge in [0.25, 0.3) is 0 Å². The summed E-state index contributed by atoms with van der Waals surface area (Å²) in [6, 6.07) is 5.46. The summed E-state index contributed by atoms with van der Waals surface area (Å²) in [5, 5.41) is 9.32.